The molecule has 1 aromatic rings. The van der Waals surface area contributed by atoms with Crippen molar-refractivity contribution in [2.75, 3.05) is 33.4 Å². The van der Waals surface area contributed by atoms with Crippen molar-refractivity contribution in [1.29, 1.82) is 0 Å². The molecule has 3 N–H and O–H groups in total. The van der Waals surface area contributed by atoms with Crippen molar-refractivity contribution >= 4 is 16.0 Å². The average Bonchev–Trinajstić information content (AvgIpc) is 2.66. The van der Waals surface area contributed by atoms with E-state index in [1.807, 2.05) is 13.0 Å². The minimum absolute atomic E-state index is 0.240. The van der Waals surface area contributed by atoms with Crippen LogP contribution in [0.1, 0.15) is 45.1 Å². The van der Waals surface area contributed by atoms with E-state index in [9.17, 15) is 8.42 Å². The first-order valence-electron chi connectivity index (χ1n) is 9.63. The summed E-state index contributed by atoms with van der Waals surface area (Å²) in [5.41, 5.74) is 0.841. The highest BCUT2D eigenvalue weighted by atomic mass is 32.2. The van der Waals surface area contributed by atoms with Crippen LogP contribution in [-0.2, 0) is 21.3 Å². The van der Waals surface area contributed by atoms with Crippen LogP contribution in [0.15, 0.2) is 34.2 Å². The van der Waals surface area contributed by atoms with Crippen LogP contribution in [0.2, 0.25) is 0 Å². The largest absolute Gasteiger partial charge is 0.383 e. The van der Waals surface area contributed by atoms with E-state index in [0.29, 0.717) is 13.2 Å². The molecular weight excluding hydrogens is 364 g/mol. The minimum atomic E-state index is -3.54. The molecule has 0 unspecified atom stereocenters. The van der Waals surface area contributed by atoms with E-state index in [1.165, 1.54) is 26.4 Å². The molecule has 7 nitrogen and oxygen atoms in total. The number of sulfonamides is 1. The molecule has 1 aromatic carbocycles. The van der Waals surface area contributed by atoms with Gasteiger partial charge in [0.15, 0.2) is 5.96 Å². The van der Waals surface area contributed by atoms with Gasteiger partial charge in [0.05, 0.1) is 18.0 Å². The molecule has 0 aromatic heterocycles. The summed E-state index contributed by atoms with van der Waals surface area (Å²) < 4.78 is 32.0. The maximum atomic E-state index is 12.3. The highest BCUT2D eigenvalue weighted by Gasteiger charge is 2.13. The Labute approximate surface area is 164 Å². The Balaban J connectivity index is 2.68. The number of methoxy groups -OCH3 is 1. The first-order chi connectivity index (χ1) is 13.0. The fourth-order valence-electron chi connectivity index (χ4n) is 2.44. The Morgan fingerprint density at radius 3 is 2.63 bits per heavy atom. The summed E-state index contributed by atoms with van der Waals surface area (Å²) in [5, 5.41) is 6.54. The van der Waals surface area contributed by atoms with Gasteiger partial charge in [-0.25, -0.2) is 18.1 Å². The molecule has 0 bridgehead atoms. The normalized spacial score (nSPS) is 12.2. The zero-order chi connectivity index (χ0) is 20.0. The van der Waals surface area contributed by atoms with E-state index in [-0.39, 0.29) is 11.4 Å². The predicted octanol–water partition coefficient (Wildman–Crippen LogP) is 2.25. The number of ether oxygens (including phenoxy) is 1. The molecule has 0 aliphatic carbocycles. The molecule has 1 rings (SSSR count). The summed E-state index contributed by atoms with van der Waals surface area (Å²) in [5.74, 6) is 0.750. The van der Waals surface area contributed by atoms with Gasteiger partial charge in [0.1, 0.15) is 0 Å². The molecule has 0 radical (unpaired) electrons. The molecule has 27 heavy (non-hydrogen) atoms. The molecule has 0 saturated carbocycles. The van der Waals surface area contributed by atoms with E-state index in [2.05, 4.69) is 27.3 Å². The Kier molecular flexibility index (Phi) is 11.7. The van der Waals surface area contributed by atoms with Gasteiger partial charge in [-0.15, -0.1) is 0 Å². The first kappa shape index (κ1) is 23.4. The molecule has 0 fully saturated rings. The summed E-state index contributed by atoms with van der Waals surface area (Å²) >= 11 is 0. The van der Waals surface area contributed by atoms with Gasteiger partial charge < -0.3 is 15.4 Å². The highest BCUT2D eigenvalue weighted by Crippen LogP contribution is 2.12. The van der Waals surface area contributed by atoms with Crippen molar-refractivity contribution in [2.24, 2.45) is 4.99 Å². The third kappa shape index (κ3) is 9.74. The average molecular weight is 399 g/mol. The summed E-state index contributed by atoms with van der Waals surface area (Å²) in [7, 11) is -2.00. The predicted molar refractivity (Wildman–Crippen MR) is 110 cm³/mol. The van der Waals surface area contributed by atoms with Crippen LogP contribution in [-0.4, -0.2) is 47.7 Å². The Morgan fingerprint density at radius 2 is 1.93 bits per heavy atom. The molecule has 0 spiro atoms. The smallest absolute Gasteiger partial charge is 0.240 e. The monoisotopic (exact) mass is 398 g/mol. The summed E-state index contributed by atoms with van der Waals surface area (Å²) in [4.78, 5) is 4.80. The second kappa shape index (κ2) is 13.5. The van der Waals surface area contributed by atoms with Crippen molar-refractivity contribution in [3.05, 3.63) is 29.8 Å². The van der Waals surface area contributed by atoms with Crippen molar-refractivity contribution in [1.82, 2.24) is 15.4 Å². The molecule has 154 valence electrons. The summed E-state index contributed by atoms with van der Waals surface area (Å²) in [6.07, 6.45) is 4.78. The zero-order valence-electron chi connectivity index (χ0n) is 16.8. The molecule has 0 amide bonds. The number of rotatable bonds is 13. The SMILES string of the molecule is CCCCCCNC(=NCc1cccc(S(=O)(=O)NCCOC)c1)NCC. The van der Waals surface area contributed by atoms with Crippen LogP contribution < -0.4 is 15.4 Å². The lowest BCUT2D eigenvalue weighted by Gasteiger charge is -2.11. The van der Waals surface area contributed by atoms with Gasteiger partial charge in [0.25, 0.3) is 0 Å². The zero-order valence-corrected chi connectivity index (χ0v) is 17.6. The number of benzene rings is 1. The van der Waals surface area contributed by atoms with Crippen molar-refractivity contribution in [3.63, 3.8) is 0 Å². The molecule has 0 aliphatic rings. The fourth-order valence-corrected chi connectivity index (χ4v) is 3.53. The van der Waals surface area contributed by atoms with Crippen LogP contribution in [0, 0.1) is 0 Å². The van der Waals surface area contributed by atoms with Crippen LogP contribution in [0.4, 0.5) is 0 Å². The minimum Gasteiger partial charge on any atom is -0.383 e. The maximum Gasteiger partial charge on any atom is 0.240 e. The number of aliphatic imine (C=N–C) groups is 1. The molecule has 0 atom stereocenters. The quantitative estimate of drug-likeness (QED) is 0.269. The number of nitrogens with zero attached hydrogens (tertiary/aromatic N) is 1. The third-order valence-corrected chi connectivity index (χ3v) is 5.35. The van der Waals surface area contributed by atoms with Crippen molar-refractivity contribution < 1.29 is 13.2 Å². The fraction of sp³-hybridized carbons (Fsp3) is 0.632. The highest BCUT2D eigenvalue weighted by molar-refractivity contribution is 7.89. The second-order valence-electron chi connectivity index (χ2n) is 6.22. The number of hydrogen-bond acceptors (Lipinski definition) is 4. The molecule has 0 saturated heterocycles. The molecule has 8 heteroatoms. The standard InChI is InChI=1S/C19H34N4O3S/c1-4-6-7-8-12-21-19(20-5-2)22-16-17-10-9-11-18(15-17)27(24,25)23-13-14-26-3/h9-11,15,23H,4-8,12-14,16H2,1-3H3,(H2,20,21,22). The van der Waals surface area contributed by atoms with Crippen LogP contribution >= 0.6 is 0 Å². The van der Waals surface area contributed by atoms with Gasteiger partial charge in [-0.1, -0.05) is 38.3 Å². The summed E-state index contributed by atoms with van der Waals surface area (Å²) in [6.45, 7) is 6.86. The van der Waals surface area contributed by atoms with E-state index >= 15 is 0 Å². The number of unbranched alkanes of at least 4 members (excludes halogenated alkanes) is 3. The van der Waals surface area contributed by atoms with Crippen LogP contribution in [0.5, 0.6) is 0 Å². The third-order valence-electron chi connectivity index (χ3n) is 3.89. The summed E-state index contributed by atoms with van der Waals surface area (Å²) in [6, 6.07) is 6.85. The Bertz CT molecular complexity index is 663. The van der Waals surface area contributed by atoms with Gasteiger partial charge in [0.2, 0.25) is 10.0 Å². The van der Waals surface area contributed by atoms with Crippen molar-refractivity contribution in [2.45, 2.75) is 51.0 Å². The molecule has 0 aliphatic heterocycles. The first-order valence-corrected chi connectivity index (χ1v) is 11.1. The van der Waals surface area contributed by atoms with Crippen molar-refractivity contribution in [3.8, 4) is 0 Å². The van der Waals surface area contributed by atoms with E-state index in [1.54, 1.807) is 18.2 Å². The lowest BCUT2D eigenvalue weighted by Crippen LogP contribution is -2.37. The van der Waals surface area contributed by atoms with Gasteiger partial charge in [-0.05, 0) is 31.0 Å². The Morgan fingerprint density at radius 1 is 1.11 bits per heavy atom. The number of guanidine groups is 1. The van der Waals surface area contributed by atoms with E-state index in [0.717, 1.165) is 31.0 Å². The lowest BCUT2D eigenvalue weighted by molar-refractivity contribution is 0.204. The molecular formula is C19H34N4O3S. The van der Waals surface area contributed by atoms with Gasteiger partial charge in [-0.3, -0.25) is 0 Å². The van der Waals surface area contributed by atoms with E-state index in [4.69, 9.17) is 4.74 Å². The maximum absolute atomic E-state index is 12.3. The van der Waals surface area contributed by atoms with E-state index < -0.39 is 10.0 Å². The second-order valence-corrected chi connectivity index (χ2v) is 7.99. The topological polar surface area (TPSA) is 91.8 Å². The number of hydrogen-bond donors (Lipinski definition) is 3. The Hall–Kier alpha value is -1.64. The van der Waals surface area contributed by atoms with Gasteiger partial charge in [0, 0.05) is 26.7 Å². The number of nitrogens with one attached hydrogen (secondary N) is 3. The van der Waals surface area contributed by atoms with Gasteiger partial charge in [-0.2, -0.15) is 0 Å². The van der Waals surface area contributed by atoms with Gasteiger partial charge >= 0.3 is 0 Å². The molecule has 0 heterocycles. The lowest BCUT2D eigenvalue weighted by atomic mass is 10.2. The van der Waals surface area contributed by atoms with Crippen LogP contribution in [0.25, 0.3) is 0 Å². The van der Waals surface area contributed by atoms with Crippen LogP contribution in [0.3, 0.4) is 0 Å².